The first-order chi connectivity index (χ1) is 8.56. The van der Waals surface area contributed by atoms with Gasteiger partial charge in [-0.2, -0.15) is 0 Å². The minimum absolute atomic E-state index is 0.467. The summed E-state index contributed by atoms with van der Waals surface area (Å²) in [5, 5.41) is 3.58. The van der Waals surface area contributed by atoms with Gasteiger partial charge in [-0.1, -0.05) is 23.8 Å². The van der Waals surface area contributed by atoms with E-state index in [9.17, 15) is 0 Å². The number of benzene rings is 1. The monoisotopic (exact) mass is 263 g/mol. The Morgan fingerprint density at radius 2 is 2.06 bits per heavy atom. The normalized spacial score (nSPS) is 17.7. The Hall–Kier alpha value is -1.13. The van der Waals surface area contributed by atoms with Crippen LogP contribution in [0.4, 0.5) is 5.69 Å². The Kier molecular flexibility index (Phi) is 4.19. The predicted octanol–water partition coefficient (Wildman–Crippen LogP) is 2.14. The number of nitrogens with one attached hydrogen (secondary N) is 1. The molecule has 3 nitrogen and oxygen atoms in total. The first-order valence-corrected chi connectivity index (χ1v) is 6.82. The van der Waals surface area contributed by atoms with Crippen LogP contribution >= 0.6 is 12.2 Å². The number of rotatable bonds is 3. The number of hydrogen-bond donors (Lipinski definition) is 2. The quantitative estimate of drug-likeness (QED) is 0.820. The molecular formula is C14H21N3S. The largest absolute Gasteiger partial charge is 0.389 e. The number of nitrogens with zero attached hydrogens (tertiary/aromatic N) is 1. The van der Waals surface area contributed by atoms with Gasteiger partial charge < -0.3 is 16.0 Å². The van der Waals surface area contributed by atoms with E-state index in [2.05, 4.69) is 42.4 Å². The lowest BCUT2D eigenvalue weighted by Crippen LogP contribution is -2.37. The predicted molar refractivity (Wildman–Crippen MR) is 81.2 cm³/mol. The maximum absolute atomic E-state index is 5.79. The summed E-state index contributed by atoms with van der Waals surface area (Å²) >= 11 is 5.13. The number of anilines is 1. The Morgan fingerprint density at radius 1 is 1.39 bits per heavy atom. The van der Waals surface area contributed by atoms with Gasteiger partial charge in [-0.05, 0) is 52.0 Å². The molecule has 98 valence electrons. The molecule has 1 aromatic carbocycles. The number of nitrogens with two attached hydrogens (primary N) is 1. The zero-order chi connectivity index (χ0) is 13.1. The number of likely N-dealkylation sites (tertiary alicyclic amines) is 1. The molecule has 1 aliphatic rings. The van der Waals surface area contributed by atoms with Crippen molar-refractivity contribution in [1.29, 1.82) is 0 Å². The molecular weight excluding hydrogens is 242 g/mol. The highest BCUT2D eigenvalue weighted by Gasteiger charge is 2.17. The number of piperidine rings is 1. The molecule has 1 aromatic rings. The maximum Gasteiger partial charge on any atom is 0.106 e. The lowest BCUT2D eigenvalue weighted by molar-refractivity contribution is 0.264. The summed E-state index contributed by atoms with van der Waals surface area (Å²) in [6, 6.07) is 6.76. The Labute approximate surface area is 114 Å². The average molecular weight is 263 g/mol. The van der Waals surface area contributed by atoms with Crippen LogP contribution in [0.25, 0.3) is 0 Å². The van der Waals surface area contributed by atoms with Crippen molar-refractivity contribution < 1.29 is 0 Å². The van der Waals surface area contributed by atoms with Crippen molar-refractivity contribution in [2.24, 2.45) is 5.73 Å². The van der Waals surface area contributed by atoms with E-state index >= 15 is 0 Å². The standard InChI is InChI=1S/C14H21N3S/c1-10-3-4-13(12(9-10)14(15)18)16-11-5-7-17(2)8-6-11/h3-4,9,11,16H,5-8H2,1-2H3,(H2,15,18). The molecule has 3 N–H and O–H groups in total. The van der Waals surface area contributed by atoms with Crippen LogP contribution in [0.1, 0.15) is 24.0 Å². The molecule has 0 saturated carbocycles. The second kappa shape index (κ2) is 5.67. The number of hydrogen-bond acceptors (Lipinski definition) is 3. The minimum Gasteiger partial charge on any atom is -0.389 e. The second-order valence-electron chi connectivity index (χ2n) is 5.14. The van der Waals surface area contributed by atoms with Crippen LogP contribution in [0.15, 0.2) is 18.2 Å². The van der Waals surface area contributed by atoms with E-state index in [1.807, 2.05) is 0 Å². The van der Waals surface area contributed by atoms with E-state index in [1.54, 1.807) is 0 Å². The van der Waals surface area contributed by atoms with Crippen LogP contribution in [0.3, 0.4) is 0 Å². The fourth-order valence-corrected chi connectivity index (χ4v) is 2.53. The SMILES string of the molecule is Cc1ccc(NC2CCN(C)CC2)c(C(N)=S)c1. The van der Waals surface area contributed by atoms with Crippen LogP contribution in [-0.2, 0) is 0 Å². The Morgan fingerprint density at radius 3 is 2.67 bits per heavy atom. The molecule has 1 aliphatic heterocycles. The maximum atomic E-state index is 5.79. The van der Waals surface area contributed by atoms with Crippen molar-refractivity contribution in [1.82, 2.24) is 4.90 Å². The lowest BCUT2D eigenvalue weighted by atomic mass is 10.0. The number of aryl methyl sites for hydroxylation is 1. The van der Waals surface area contributed by atoms with E-state index < -0.39 is 0 Å². The summed E-state index contributed by atoms with van der Waals surface area (Å²) in [4.78, 5) is 2.83. The van der Waals surface area contributed by atoms with E-state index in [-0.39, 0.29) is 0 Å². The van der Waals surface area contributed by atoms with Gasteiger partial charge in [-0.25, -0.2) is 0 Å². The first-order valence-electron chi connectivity index (χ1n) is 6.42. The molecule has 18 heavy (non-hydrogen) atoms. The van der Waals surface area contributed by atoms with Gasteiger partial charge in [0.15, 0.2) is 0 Å². The average Bonchev–Trinajstić information content (AvgIpc) is 2.34. The molecule has 0 aromatic heterocycles. The lowest BCUT2D eigenvalue weighted by Gasteiger charge is -2.30. The van der Waals surface area contributed by atoms with Crippen molar-refractivity contribution in [2.45, 2.75) is 25.8 Å². The Balaban J connectivity index is 2.11. The van der Waals surface area contributed by atoms with E-state index in [0.29, 0.717) is 11.0 Å². The molecule has 0 bridgehead atoms. The van der Waals surface area contributed by atoms with Crippen LogP contribution < -0.4 is 11.1 Å². The van der Waals surface area contributed by atoms with Gasteiger partial charge in [-0.3, -0.25) is 0 Å². The fraction of sp³-hybridized carbons (Fsp3) is 0.500. The molecule has 0 aliphatic carbocycles. The molecule has 1 saturated heterocycles. The van der Waals surface area contributed by atoms with Crippen molar-refractivity contribution >= 4 is 22.9 Å². The van der Waals surface area contributed by atoms with Gasteiger partial charge in [0.05, 0.1) is 0 Å². The van der Waals surface area contributed by atoms with Crippen LogP contribution in [0.2, 0.25) is 0 Å². The molecule has 1 fully saturated rings. The molecule has 2 rings (SSSR count). The van der Waals surface area contributed by atoms with Crippen molar-refractivity contribution in [3.05, 3.63) is 29.3 Å². The zero-order valence-electron chi connectivity index (χ0n) is 11.1. The fourth-order valence-electron chi connectivity index (χ4n) is 2.36. The highest BCUT2D eigenvalue weighted by Crippen LogP contribution is 2.21. The molecule has 0 spiro atoms. The van der Waals surface area contributed by atoms with Crippen molar-refractivity contribution in [2.75, 3.05) is 25.5 Å². The molecule has 1 heterocycles. The molecule has 0 atom stereocenters. The van der Waals surface area contributed by atoms with Crippen molar-refractivity contribution in [3.63, 3.8) is 0 Å². The van der Waals surface area contributed by atoms with Gasteiger partial charge in [0, 0.05) is 17.3 Å². The third kappa shape index (κ3) is 3.21. The van der Waals surface area contributed by atoms with Gasteiger partial charge in [0.25, 0.3) is 0 Å². The molecule has 0 amide bonds. The van der Waals surface area contributed by atoms with Gasteiger partial charge >= 0.3 is 0 Å². The minimum atomic E-state index is 0.467. The second-order valence-corrected chi connectivity index (χ2v) is 5.58. The van der Waals surface area contributed by atoms with Crippen LogP contribution in [0, 0.1) is 6.92 Å². The third-order valence-electron chi connectivity index (χ3n) is 3.52. The van der Waals surface area contributed by atoms with E-state index in [4.69, 9.17) is 18.0 Å². The smallest absolute Gasteiger partial charge is 0.106 e. The third-order valence-corrected chi connectivity index (χ3v) is 3.74. The Bertz CT molecular complexity index is 437. The summed E-state index contributed by atoms with van der Waals surface area (Å²) in [5.74, 6) is 0. The summed E-state index contributed by atoms with van der Waals surface area (Å²) in [7, 11) is 2.17. The molecule has 4 heteroatoms. The summed E-state index contributed by atoms with van der Waals surface area (Å²) in [6.45, 7) is 4.35. The van der Waals surface area contributed by atoms with E-state index in [0.717, 1.165) is 24.3 Å². The van der Waals surface area contributed by atoms with Gasteiger partial charge in [0.1, 0.15) is 4.99 Å². The van der Waals surface area contributed by atoms with Crippen LogP contribution in [0.5, 0.6) is 0 Å². The van der Waals surface area contributed by atoms with Gasteiger partial charge in [0.2, 0.25) is 0 Å². The topological polar surface area (TPSA) is 41.3 Å². The van der Waals surface area contributed by atoms with Crippen molar-refractivity contribution in [3.8, 4) is 0 Å². The van der Waals surface area contributed by atoms with Crippen LogP contribution in [-0.4, -0.2) is 36.1 Å². The van der Waals surface area contributed by atoms with E-state index in [1.165, 1.54) is 18.4 Å². The number of thiocarbonyl (C=S) groups is 1. The highest BCUT2D eigenvalue weighted by molar-refractivity contribution is 7.80. The molecule has 0 unspecified atom stereocenters. The first kappa shape index (κ1) is 13.3. The highest BCUT2D eigenvalue weighted by atomic mass is 32.1. The summed E-state index contributed by atoms with van der Waals surface area (Å²) < 4.78 is 0. The summed E-state index contributed by atoms with van der Waals surface area (Å²) in [6.07, 6.45) is 2.34. The summed E-state index contributed by atoms with van der Waals surface area (Å²) in [5.41, 5.74) is 9.01. The zero-order valence-corrected chi connectivity index (χ0v) is 11.9. The molecule has 0 radical (unpaired) electrons. The van der Waals surface area contributed by atoms with Gasteiger partial charge in [-0.15, -0.1) is 0 Å².